The van der Waals surface area contributed by atoms with Crippen molar-refractivity contribution in [1.29, 1.82) is 0 Å². The third kappa shape index (κ3) is 7.09. The van der Waals surface area contributed by atoms with E-state index in [0.717, 1.165) is 45.9 Å². The molecule has 0 saturated carbocycles. The van der Waals surface area contributed by atoms with Crippen LogP contribution in [0.5, 0.6) is 5.75 Å². The van der Waals surface area contributed by atoms with Crippen LogP contribution in [0.3, 0.4) is 0 Å². The van der Waals surface area contributed by atoms with Gasteiger partial charge in [0.2, 0.25) is 0 Å². The molecule has 0 bridgehead atoms. The van der Waals surface area contributed by atoms with Crippen LogP contribution in [0.1, 0.15) is 59.8 Å². The number of carbonyl (C=O) groups excluding carboxylic acids is 2. The lowest BCUT2D eigenvalue weighted by Gasteiger charge is -2.30. The van der Waals surface area contributed by atoms with Crippen LogP contribution < -0.4 is 15.0 Å². The van der Waals surface area contributed by atoms with E-state index in [2.05, 4.69) is 12.2 Å². The van der Waals surface area contributed by atoms with Crippen LogP contribution in [0, 0.1) is 5.82 Å². The van der Waals surface area contributed by atoms with Crippen LogP contribution in [0.4, 0.5) is 10.1 Å². The Kier molecular flexibility index (Phi) is 9.39. The second-order valence-corrected chi connectivity index (χ2v) is 11.3. The summed E-state index contributed by atoms with van der Waals surface area (Å²) in [5.74, 6) is 0.217. The van der Waals surface area contributed by atoms with Gasteiger partial charge in [-0.1, -0.05) is 73.6 Å². The second kappa shape index (κ2) is 13.5. The number of halogens is 1. The van der Waals surface area contributed by atoms with E-state index >= 15 is 0 Å². The number of anilines is 1. The summed E-state index contributed by atoms with van der Waals surface area (Å²) in [4.78, 5) is 29.8. The maximum Gasteiger partial charge on any atom is 0.265 e. The summed E-state index contributed by atoms with van der Waals surface area (Å²) in [6.07, 6.45) is 3.95. The Morgan fingerprint density at radius 2 is 1.69 bits per heavy atom. The van der Waals surface area contributed by atoms with E-state index in [1.807, 2.05) is 73.7 Å². The molecule has 4 aromatic carbocycles. The van der Waals surface area contributed by atoms with Gasteiger partial charge in [0, 0.05) is 10.5 Å². The molecular formula is C35H33FN2O3S. The molecule has 1 aliphatic heterocycles. The standard InChI is InChI=1S/C35H33FN2O3S/c1-3-4-21-41-30-19-15-27(16-20-30)24(2)37-34(39)28-13-9-25(10-14-28)22-33-35(40)38(23-26-11-17-29(36)18-12-26)31-7-5-6-8-32(31)42-33/h5-20,22,24H,3-4,21,23H2,1-2H3,(H,37,39). The average molecular weight is 581 g/mol. The zero-order chi connectivity index (χ0) is 29.5. The largest absolute Gasteiger partial charge is 0.494 e. The number of carbonyl (C=O) groups is 2. The van der Waals surface area contributed by atoms with Crippen molar-refractivity contribution in [2.75, 3.05) is 11.5 Å². The Morgan fingerprint density at radius 1 is 0.976 bits per heavy atom. The van der Waals surface area contributed by atoms with E-state index in [4.69, 9.17) is 4.74 Å². The van der Waals surface area contributed by atoms with Crippen molar-refractivity contribution >= 4 is 35.3 Å². The van der Waals surface area contributed by atoms with Crippen molar-refractivity contribution in [3.05, 3.63) is 130 Å². The molecule has 0 spiro atoms. The molecule has 2 amide bonds. The number of rotatable bonds is 10. The number of hydrogen-bond donors (Lipinski definition) is 1. The summed E-state index contributed by atoms with van der Waals surface area (Å²) in [5.41, 5.74) is 4.01. The number of nitrogens with one attached hydrogen (secondary N) is 1. The number of unbranched alkanes of at least 4 members (excludes halogenated alkanes) is 1. The number of para-hydroxylation sites is 1. The minimum Gasteiger partial charge on any atom is -0.494 e. The fourth-order valence-corrected chi connectivity index (χ4v) is 5.68. The molecule has 1 aliphatic rings. The number of hydrogen-bond acceptors (Lipinski definition) is 4. The van der Waals surface area contributed by atoms with Gasteiger partial charge in [-0.25, -0.2) is 4.39 Å². The third-order valence-electron chi connectivity index (χ3n) is 7.05. The Morgan fingerprint density at radius 3 is 2.40 bits per heavy atom. The van der Waals surface area contributed by atoms with Crippen LogP contribution in [0.2, 0.25) is 0 Å². The van der Waals surface area contributed by atoms with Gasteiger partial charge in [0.05, 0.1) is 29.8 Å². The summed E-state index contributed by atoms with van der Waals surface area (Å²) in [6.45, 7) is 5.11. The summed E-state index contributed by atoms with van der Waals surface area (Å²) in [7, 11) is 0. The summed E-state index contributed by atoms with van der Waals surface area (Å²) < 4.78 is 19.2. The molecule has 1 atom stereocenters. The van der Waals surface area contributed by atoms with Crippen molar-refractivity contribution in [3.8, 4) is 5.75 Å². The lowest BCUT2D eigenvalue weighted by atomic mass is 10.1. The van der Waals surface area contributed by atoms with Gasteiger partial charge in [-0.15, -0.1) is 0 Å². The molecule has 0 aliphatic carbocycles. The third-order valence-corrected chi connectivity index (χ3v) is 8.13. The van der Waals surface area contributed by atoms with E-state index in [1.54, 1.807) is 29.2 Å². The normalized spacial score (nSPS) is 14.4. The monoisotopic (exact) mass is 580 g/mol. The molecule has 42 heavy (non-hydrogen) atoms. The molecule has 1 N–H and O–H groups in total. The highest BCUT2D eigenvalue weighted by Crippen LogP contribution is 2.42. The molecule has 0 saturated heterocycles. The fourth-order valence-electron chi connectivity index (χ4n) is 4.62. The lowest BCUT2D eigenvalue weighted by molar-refractivity contribution is -0.114. The Balaban J connectivity index is 1.26. The van der Waals surface area contributed by atoms with Gasteiger partial charge in [-0.2, -0.15) is 0 Å². The maximum absolute atomic E-state index is 13.6. The maximum atomic E-state index is 13.6. The van der Waals surface area contributed by atoms with E-state index in [9.17, 15) is 14.0 Å². The summed E-state index contributed by atoms with van der Waals surface area (Å²) in [6, 6.07) is 28.8. The summed E-state index contributed by atoms with van der Waals surface area (Å²) >= 11 is 1.42. The molecule has 7 heteroatoms. The van der Waals surface area contributed by atoms with Gasteiger partial charge in [-0.3, -0.25) is 9.59 Å². The van der Waals surface area contributed by atoms with Crippen LogP contribution in [-0.4, -0.2) is 18.4 Å². The second-order valence-electron chi connectivity index (χ2n) is 10.2. The van der Waals surface area contributed by atoms with E-state index in [-0.39, 0.29) is 23.7 Å². The lowest BCUT2D eigenvalue weighted by Crippen LogP contribution is -2.33. The van der Waals surface area contributed by atoms with Gasteiger partial charge in [0.25, 0.3) is 11.8 Å². The summed E-state index contributed by atoms with van der Waals surface area (Å²) in [5, 5.41) is 3.05. The molecule has 1 unspecified atom stereocenters. The predicted octanol–water partition coefficient (Wildman–Crippen LogP) is 8.18. The van der Waals surface area contributed by atoms with Crippen LogP contribution >= 0.6 is 11.8 Å². The van der Waals surface area contributed by atoms with Gasteiger partial charge >= 0.3 is 0 Å². The highest BCUT2D eigenvalue weighted by Gasteiger charge is 2.29. The number of thioether (sulfide) groups is 1. The number of nitrogens with zero attached hydrogens (tertiary/aromatic N) is 1. The van der Waals surface area contributed by atoms with E-state index in [0.29, 0.717) is 23.6 Å². The van der Waals surface area contributed by atoms with E-state index < -0.39 is 0 Å². The molecule has 1 heterocycles. The van der Waals surface area contributed by atoms with Crippen molar-refractivity contribution < 1.29 is 18.7 Å². The first-order chi connectivity index (χ1) is 20.4. The Labute approximate surface area is 250 Å². The van der Waals surface area contributed by atoms with Gasteiger partial charge in [0.1, 0.15) is 11.6 Å². The zero-order valence-electron chi connectivity index (χ0n) is 23.7. The van der Waals surface area contributed by atoms with Crippen molar-refractivity contribution in [3.63, 3.8) is 0 Å². The SMILES string of the molecule is CCCCOc1ccc(C(C)NC(=O)c2ccc(C=C3Sc4ccccc4N(Cc4ccc(F)cc4)C3=O)cc2)cc1. The first-order valence-electron chi connectivity index (χ1n) is 14.1. The number of fused-ring (bicyclic) bond motifs is 1. The molecule has 5 rings (SSSR count). The Bertz CT molecular complexity index is 1570. The minimum atomic E-state index is -0.311. The average Bonchev–Trinajstić information content (AvgIpc) is 3.01. The molecule has 4 aromatic rings. The van der Waals surface area contributed by atoms with Crippen LogP contribution in [0.25, 0.3) is 6.08 Å². The number of amides is 2. The number of ether oxygens (including phenoxy) is 1. The first-order valence-corrected chi connectivity index (χ1v) is 14.9. The van der Waals surface area contributed by atoms with Crippen LogP contribution in [-0.2, 0) is 11.3 Å². The molecule has 0 aromatic heterocycles. The number of benzene rings is 4. The first kappa shape index (κ1) is 29.1. The van der Waals surface area contributed by atoms with Gasteiger partial charge in [0.15, 0.2) is 0 Å². The zero-order valence-corrected chi connectivity index (χ0v) is 24.5. The molecular weight excluding hydrogens is 547 g/mol. The van der Waals surface area contributed by atoms with Crippen LogP contribution in [0.15, 0.2) is 107 Å². The quantitative estimate of drug-likeness (QED) is 0.152. The van der Waals surface area contributed by atoms with Gasteiger partial charge in [-0.05, 0) is 84.6 Å². The van der Waals surface area contributed by atoms with E-state index in [1.165, 1.54) is 23.9 Å². The Hall–Kier alpha value is -4.36. The van der Waals surface area contributed by atoms with Crippen molar-refractivity contribution in [2.45, 2.75) is 44.2 Å². The smallest absolute Gasteiger partial charge is 0.265 e. The molecule has 0 fully saturated rings. The molecule has 5 nitrogen and oxygen atoms in total. The van der Waals surface area contributed by atoms with Crippen molar-refractivity contribution in [2.24, 2.45) is 0 Å². The van der Waals surface area contributed by atoms with Gasteiger partial charge < -0.3 is 15.0 Å². The molecule has 0 radical (unpaired) electrons. The fraction of sp³-hybridized carbons (Fsp3) is 0.200. The minimum absolute atomic E-state index is 0.125. The predicted molar refractivity (Wildman–Crippen MR) is 167 cm³/mol. The highest BCUT2D eigenvalue weighted by atomic mass is 32.2. The topological polar surface area (TPSA) is 58.6 Å². The highest BCUT2D eigenvalue weighted by molar-refractivity contribution is 8.04. The van der Waals surface area contributed by atoms with Crippen molar-refractivity contribution in [1.82, 2.24) is 5.32 Å². The molecule has 214 valence electrons.